The van der Waals surface area contributed by atoms with E-state index in [1.165, 1.54) is 0 Å². The molecule has 0 N–H and O–H groups in total. The van der Waals surface area contributed by atoms with Gasteiger partial charge in [-0.25, -0.2) is 0 Å². The Morgan fingerprint density at radius 3 is 2.04 bits per heavy atom. The third-order valence-corrected chi connectivity index (χ3v) is 10.0. The van der Waals surface area contributed by atoms with Crippen molar-refractivity contribution in [3.05, 3.63) is 0 Å². The van der Waals surface area contributed by atoms with Crippen LogP contribution in [0, 0.1) is 11.8 Å². The second kappa shape index (κ2) is 8.90. The highest BCUT2D eigenvalue weighted by atomic mass is 28.4. The van der Waals surface area contributed by atoms with Gasteiger partial charge in [-0.15, -0.1) is 0 Å². The van der Waals surface area contributed by atoms with Gasteiger partial charge in [0.25, 0.3) is 0 Å². The van der Waals surface area contributed by atoms with Crippen LogP contribution in [0.5, 0.6) is 0 Å². The summed E-state index contributed by atoms with van der Waals surface area (Å²) in [7, 11) is 1.37. The summed E-state index contributed by atoms with van der Waals surface area (Å²) in [5.74, 6) is 0.231. The van der Waals surface area contributed by atoms with Gasteiger partial charge in [-0.2, -0.15) is 0 Å². The maximum Gasteiger partial charge on any atom is 0.192 e. The molecule has 0 saturated carbocycles. The first-order valence-electron chi connectivity index (χ1n) is 8.88. The van der Waals surface area contributed by atoms with Gasteiger partial charge < -0.3 is 23.4 Å². The van der Waals surface area contributed by atoms with E-state index < -0.39 is 8.32 Å². The molecule has 0 aliphatic carbocycles. The monoisotopic (exact) mass is 360 g/mol. The molecule has 142 valence electrons. The predicted molar refractivity (Wildman–Crippen MR) is 97.3 cm³/mol. The van der Waals surface area contributed by atoms with Crippen LogP contribution in [-0.2, 0) is 23.4 Å². The molecule has 0 bridgehead atoms. The van der Waals surface area contributed by atoms with Gasteiger partial charge in [-0.3, -0.25) is 0 Å². The fourth-order valence-electron chi connectivity index (χ4n) is 2.76. The quantitative estimate of drug-likeness (QED) is 0.484. The van der Waals surface area contributed by atoms with Crippen LogP contribution in [0.4, 0.5) is 0 Å². The maximum absolute atomic E-state index is 11.4. The van der Waals surface area contributed by atoms with E-state index in [0.717, 1.165) is 25.5 Å². The molecule has 1 aliphatic heterocycles. The highest BCUT2D eigenvalue weighted by Crippen LogP contribution is 2.40. The average molecular weight is 361 g/mol. The first-order chi connectivity index (χ1) is 11.0. The molecule has 6 heteroatoms. The number of aldehydes is 1. The SMILES string of the molecule is CO[C@@H]1CC(C[C@@H](O[Si](C)(C)C(C)(C)C)[C@H](C)C=O)C[C@@H](OC)O1. The van der Waals surface area contributed by atoms with Gasteiger partial charge in [0, 0.05) is 33.0 Å². The van der Waals surface area contributed by atoms with Gasteiger partial charge in [0.2, 0.25) is 0 Å². The van der Waals surface area contributed by atoms with E-state index in [1.807, 2.05) is 6.92 Å². The first kappa shape index (κ1) is 21.8. The van der Waals surface area contributed by atoms with Crippen LogP contribution in [0.25, 0.3) is 0 Å². The molecule has 0 unspecified atom stereocenters. The molecule has 1 rings (SSSR count). The predicted octanol–water partition coefficient (Wildman–Crippen LogP) is 3.97. The second-order valence-electron chi connectivity index (χ2n) is 8.45. The third-order valence-electron chi connectivity index (χ3n) is 5.50. The Hall–Kier alpha value is -0.273. The zero-order chi connectivity index (χ0) is 18.5. The molecule has 1 heterocycles. The lowest BCUT2D eigenvalue weighted by atomic mass is 9.88. The molecule has 0 aromatic rings. The van der Waals surface area contributed by atoms with E-state index in [0.29, 0.717) is 5.92 Å². The van der Waals surface area contributed by atoms with Gasteiger partial charge in [-0.05, 0) is 30.5 Å². The van der Waals surface area contributed by atoms with Gasteiger partial charge in [0.05, 0.1) is 6.10 Å². The summed E-state index contributed by atoms with van der Waals surface area (Å²) in [6.45, 7) is 13.1. The summed E-state index contributed by atoms with van der Waals surface area (Å²) < 4.78 is 23.0. The molecule has 24 heavy (non-hydrogen) atoms. The third kappa shape index (κ3) is 5.91. The summed E-state index contributed by atoms with van der Waals surface area (Å²) in [5.41, 5.74) is 0. The van der Waals surface area contributed by atoms with Crippen LogP contribution in [0.3, 0.4) is 0 Å². The summed E-state index contributed by atoms with van der Waals surface area (Å²) in [4.78, 5) is 11.4. The molecule has 1 aliphatic rings. The molecule has 1 saturated heterocycles. The Morgan fingerprint density at radius 2 is 1.67 bits per heavy atom. The van der Waals surface area contributed by atoms with Crippen molar-refractivity contribution in [2.45, 2.75) is 83.8 Å². The van der Waals surface area contributed by atoms with Crippen LogP contribution in [-0.4, -0.2) is 47.5 Å². The van der Waals surface area contributed by atoms with Gasteiger partial charge in [0.15, 0.2) is 20.9 Å². The van der Waals surface area contributed by atoms with Crippen LogP contribution in [0.2, 0.25) is 18.1 Å². The standard InChI is InChI=1S/C18H36O5Si/c1-13(12-19)15(23-24(7,8)18(2,3)4)9-14-10-16(20-5)22-17(11-14)21-6/h12-17H,9-11H2,1-8H3/t13-,15-,16+,17+/m1/s1. The Balaban J connectivity index is 2.84. The van der Waals surface area contributed by atoms with E-state index >= 15 is 0 Å². The van der Waals surface area contributed by atoms with E-state index in [9.17, 15) is 4.79 Å². The van der Waals surface area contributed by atoms with Crippen molar-refractivity contribution >= 4 is 14.6 Å². The highest BCUT2D eigenvalue weighted by Gasteiger charge is 2.41. The largest absolute Gasteiger partial charge is 0.413 e. The summed E-state index contributed by atoms with van der Waals surface area (Å²) in [5, 5.41) is 0.119. The van der Waals surface area contributed by atoms with Crippen LogP contribution >= 0.6 is 0 Å². The van der Waals surface area contributed by atoms with Crippen molar-refractivity contribution in [1.82, 2.24) is 0 Å². The van der Waals surface area contributed by atoms with Gasteiger partial charge >= 0.3 is 0 Å². The van der Waals surface area contributed by atoms with Crippen LogP contribution < -0.4 is 0 Å². The second-order valence-corrected chi connectivity index (χ2v) is 13.2. The summed E-state index contributed by atoms with van der Waals surface area (Å²) in [6, 6.07) is 0. The van der Waals surface area contributed by atoms with E-state index in [4.69, 9.17) is 18.6 Å². The molecule has 4 atom stereocenters. The summed E-state index contributed by atoms with van der Waals surface area (Å²) in [6.07, 6.45) is 2.87. The normalized spacial score (nSPS) is 28.4. The summed E-state index contributed by atoms with van der Waals surface area (Å²) >= 11 is 0. The molecular weight excluding hydrogens is 324 g/mol. The molecular formula is C18H36O5Si. The number of ether oxygens (including phenoxy) is 3. The average Bonchev–Trinajstić information content (AvgIpc) is 2.51. The van der Waals surface area contributed by atoms with E-state index in [1.54, 1.807) is 14.2 Å². The van der Waals surface area contributed by atoms with E-state index in [-0.39, 0.29) is 29.6 Å². The van der Waals surface area contributed by atoms with Gasteiger partial charge in [0.1, 0.15) is 6.29 Å². The minimum absolute atomic E-state index is 0.0681. The Bertz CT molecular complexity index is 381. The van der Waals surface area contributed by atoms with Crippen molar-refractivity contribution in [3.8, 4) is 0 Å². The maximum atomic E-state index is 11.4. The number of methoxy groups -OCH3 is 2. The fraction of sp³-hybridized carbons (Fsp3) is 0.944. The number of rotatable bonds is 8. The van der Waals surface area contributed by atoms with Crippen molar-refractivity contribution in [3.63, 3.8) is 0 Å². The topological polar surface area (TPSA) is 54.0 Å². The Morgan fingerprint density at radius 1 is 1.17 bits per heavy atom. The minimum atomic E-state index is -1.93. The molecule has 0 spiro atoms. The molecule has 0 radical (unpaired) electrons. The smallest absolute Gasteiger partial charge is 0.192 e. The lowest BCUT2D eigenvalue weighted by Gasteiger charge is -2.42. The molecule has 0 aromatic carbocycles. The highest BCUT2D eigenvalue weighted by molar-refractivity contribution is 6.74. The van der Waals surface area contributed by atoms with Crippen LogP contribution in [0.1, 0.15) is 47.0 Å². The number of hydrogen-bond donors (Lipinski definition) is 0. The first-order valence-corrected chi connectivity index (χ1v) is 11.8. The van der Waals surface area contributed by atoms with E-state index in [2.05, 4.69) is 33.9 Å². The van der Waals surface area contributed by atoms with Crippen molar-refractivity contribution in [2.75, 3.05) is 14.2 Å². The number of carbonyl (C=O) groups excluding carboxylic acids is 1. The Kier molecular flexibility index (Phi) is 8.07. The van der Waals surface area contributed by atoms with Crippen molar-refractivity contribution in [2.24, 2.45) is 11.8 Å². The number of carbonyl (C=O) groups is 1. The van der Waals surface area contributed by atoms with Crippen LogP contribution in [0.15, 0.2) is 0 Å². The number of hydrogen-bond acceptors (Lipinski definition) is 5. The lowest BCUT2D eigenvalue weighted by Crippen LogP contribution is -2.47. The minimum Gasteiger partial charge on any atom is -0.413 e. The Labute approximate surface area is 148 Å². The lowest BCUT2D eigenvalue weighted by molar-refractivity contribution is -0.264. The zero-order valence-corrected chi connectivity index (χ0v) is 17.6. The molecule has 0 amide bonds. The molecule has 0 aromatic heterocycles. The fourth-order valence-corrected chi connectivity index (χ4v) is 4.18. The van der Waals surface area contributed by atoms with Crippen molar-refractivity contribution < 1.29 is 23.4 Å². The molecule has 1 fully saturated rings. The van der Waals surface area contributed by atoms with Gasteiger partial charge in [-0.1, -0.05) is 27.7 Å². The van der Waals surface area contributed by atoms with Crippen molar-refractivity contribution in [1.29, 1.82) is 0 Å². The molecule has 5 nitrogen and oxygen atoms in total. The zero-order valence-electron chi connectivity index (χ0n) is 16.6.